The minimum atomic E-state index is -0.189. The fourth-order valence-corrected chi connectivity index (χ4v) is 3.68. The molecule has 2 fully saturated rings. The number of amides is 1. The Morgan fingerprint density at radius 3 is 2.58 bits per heavy atom. The molecule has 2 aliphatic rings. The number of pyridine rings is 2. The molecule has 4 rings (SSSR count). The molecule has 5 nitrogen and oxygen atoms in total. The summed E-state index contributed by atoms with van der Waals surface area (Å²) in [6, 6.07) is 9.73. The van der Waals surface area contributed by atoms with Gasteiger partial charge >= 0.3 is 0 Å². The summed E-state index contributed by atoms with van der Waals surface area (Å²) in [6.07, 6.45) is 7.75. The van der Waals surface area contributed by atoms with Gasteiger partial charge in [-0.2, -0.15) is 0 Å². The fraction of sp³-hybridized carbons (Fsp3) is 0.421. The zero-order chi connectivity index (χ0) is 16.4. The second-order valence-corrected chi connectivity index (χ2v) is 6.63. The summed E-state index contributed by atoms with van der Waals surface area (Å²) in [5.74, 6) is 0.570. The lowest BCUT2D eigenvalue weighted by atomic mass is 9.93. The van der Waals surface area contributed by atoms with E-state index in [0.717, 1.165) is 37.4 Å². The molecule has 0 saturated carbocycles. The van der Waals surface area contributed by atoms with E-state index in [2.05, 4.69) is 14.9 Å². The lowest BCUT2D eigenvalue weighted by Gasteiger charge is -2.42. The molecule has 1 amide bonds. The molecule has 0 spiro atoms. The summed E-state index contributed by atoms with van der Waals surface area (Å²) in [7, 11) is 0. The van der Waals surface area contributed by atoms with Gasteiger partial charge in [0.15, 0.2) is 0 Å². The maximum absolute atomic E-state index is 13.1. The van der Waals surface area contributed by atoms with Gasteiger partial charge < -0.3 is 4.90 Å². The third kappa shape index (κ3) is 2.91. The SMILES string of the molecule is O=C([C@@H](c1cccnc1)N1CCCC1)N1CC(c2ccccn2)C1. The number of aromatic nitrogens is 2. The van der Waals surface area contributed by atoms with Crippen molar-refractivity contribution in [2.24, 2.45) is 0 Å². The van der Waals surface area contributed by atoms with Crippen molar-refractivity contribution < 1.29 is 4.79 Å². The van der Waals surface area contributed by atoms with E-state index >= 15 is 0 Å². The van der Waals surface area contributed by atoms with Crippen LogP contribution in [0.5, 0.6) is 0 Å². The van der Waals surface area contributed by atoms with Crippen LogP contribution in [0, 0.1) is 0 Å². The van der Waals surface area contributed by atoms with Crippen molar-refractivity contribution >= 4 is 5.91 Å². The van der Waals surface area contributed by atoms with Crippen LogP contribution in [0.25, 0.3) is 0 Å². The molecule has 0 aromatic carbocycles. The Bertz CT molecular complexity index is 679. The average Bonchev–Trinajstić information content (AvgIpc) is 3.10. The Labute approximate surface area is 142 Å². The van der Waals surface area contributed by atoms with Gasteiger partial charge in [-0.1, -0.05) is 12.1 Å². The largest absolute Gasteiger partial charge is 0.340 e. The Hall–Kier alpha value is -2.27. The molecule has 0 bridgehead atoms. The summed E-state index contributed by atoms with van der Waals surface area (Å²) in [5, 5.41) is 0. The van der Waals surface area contributed by atoms with E-state index in [1.165, 1.54) is 12.8 Å². The first-order chi connectivity index (χ1) is 11.8. The van der Waals surface area contributed by atoms with Crippen LogP contribution in [-0.2, 0) is 4.79 Å². The molecule has 4 heterocycles. The van der Waals surface area contributed by atoms with E-state index in [1.54, 1.807) is 6.20 Å². The summed E-state index contributed by atoms with van der Waals surface area (Å²) >= 11 is 0. The molecule has 5 heteroatoms. The highest BCUT2D eigenvalue weighted by Gasteiger charge is 2.39. The third-order valence-electron chi connectivity index (χ3n) is 5.04. The Kier molecular flexibility index (Phi) is 4.26. The molecular weight excluding hydrogens is 300 g/mol. The van der Waals surface area contributed by atoms with Crippen LogP contribution < -0.4 is 0 Å². The smallest absolute Gasteiger partial charge is 0.244 e. The summed E-state index contributed by atoms with van der Waals surface area (Å²) in [6.45, 7) is 3.51. The van der Waals surface area contributed by atoms with E-state index in [4.69, 9.17) is 0 Å². The zero-order valence-corrected chi connectivity index (χ0v) is 13.7. The zero-order valence-electron chi connectivity index (χ0n) is 13.7. The molecule has 0 unspecified atom stereocenters. The Morgan fingerprint density at radius 2 is 1.92 bits per heavy atom. The van der Waals surface area contributed by atoms with Gasteiger partial charge in [0.2, 0.25) is 5.91 Å². The van der Waals surface area contributed by atoms with E-state index in [1.807, 2.05) is 47.6 Å². The predicted molar refractivity (Wildman–Crippen MR) is 91.3 cm³/mol. The number of carbonyl (C=O) groups excluding carboxylic acids is 1. The highest BCUT2D eigenvalue weighted by molar-refractivity contribution is 5.84. The quantitative estimate of drug-likeness (QED) is 0.866. The van der Waals surface area contributed by atoms with Crippen molar-refractivity contribution in [3.63, 3.8) is 0 Å². The van der Waals surface area contributed by atoms with Crippen molar-refractivity contribution in [1.29, 1.82) is 0 Å². The second-order valence-electron chi connectivity index (χ2n) is 6.63. The van der Waals surface area contributed by atoms with Crippen molar-refractivity contribution in [2.45, 2.75) is 24.8 Å². The van der Waals surface area contributed by atoms with Crippen LogP contribution in [0.1, 0.15) is 36.1 Å². The van der Waals surface area contributed by atoms with Crippen LogP contribution >= 0.6 is 0 Å². The maximum atomic E-state index is 13.1. The molecule has 2 aliphatic heterocycles. The average molecular weight is 322 g/mol. The molecule has 124 valence electrons. The fourth-order valence-electron chi connectivity index (χ4n) is 3.68. The van der Waals surface area contributed by atoms with Gasteiger partial charge in [0.1, 0.15) is 6.04 Å². The normalized spacial score (nSPS) is 19.9. The first-order valence-electron chi connectivity index (χ1n) is 8.66. The molecule has 1 atom stereocenters. The van der Waals surface area contributed by atoms with E-state index in [9.17, 15) is 4.79 Å². The Balaban J connectivity index is 1.49. The van der Waals surface area contributed by atoms with Gasteiger partial charge in [0.05, 0.1) is 0 Å². The first kappa shape index (κ1) is 15.3. The molecule has 2 aromatic rings. The van der Waals surface area contributed by atoms with Crippen molar-refractivity contribution in [1.82, 2.24) is 19.8 Å². The van der Waals surface area contributed by atoms with E-state index in [0.29, 0.717) is 5.92 Å². The minimum Gasteiger partial charge on any atom is -0.340 e. The van der Waals surface area contributed by atoms with Gasteiger partial charge in [-0.25, -0.2) is 0 Å². The topological polar surface area (TPSA) is 49.3 Å². The van der Waals surface area contributed by atoms with Crippen LogP contribution in [0.4, 0.5) is 0 Å². The number of hydrogen-bond acceptors (Lipinski definition) is 4. The first-order valence-corrected chi connectivity index (χ1v) is 8.66. The highest BCUT2D eigenvalue weighted by atomic mass is 16.2. The number of rotatable bonds is 4. The number of nitrogens with zero attached hydrogens (tertiary/aromatic N) is 4. The van der Waals surface area contributed by atoms with E-state index in [-0.39, 0.29) is 11.9 Å². The van der Waals surface area contributed by atoms with Gasteiger partial charge in [-0.3, -0.25) is 19.7 Å². The maximum Gasteiger partial charge on any atom is 0.244 e. The van der Waals surface area contributed by atoms with Crippen LogP contribution in [0.15, 0.2) is 48.9 Å². The number of hydrogen-bond donors (Lipinski definition) is 0. The van der Waals surface area contributed by atoms with Gasteiger partial charge in [-0.05, 0) is 49.7 Å². The second kappa shape index (κ2) is 6.69. The summed E-state index contributed by atoms with van der Waals surface area (Å²) in [5.41, 5.74) is 2.09. The van der Waals surface area contributed by atoms with Gasteiger partial charge in [0.25, 0.3) is 0 Å². The molecule has 0 N–H and O–H groups in total. The van der Waals surface area contributed by atoms with Crippen molar-refractivity contribution in [3.8, 4) is 0 Å². The lowest BCUT2D eigenvalue weighted by Crippen LogP contribution is -2.52. The number of likely N-dealkylation sites (tertiary alicyclic amines) is 2. The molecule has 2 aromatic heterocycles. The van der Waals surface area contributed by atoms with Crippen LogP contribution in [0.3, 0.4) is 0 Å². The number of carbonyl (C=O) groups is 1. The third-order valence-corrected chi connectivity index (χ3v) is 5.04. The van der Waals surface area contributed by atoms with Crippen molar-refractivity contribution in [2.75, 3.05) is 26.2 Å². The Morgan fingerprint density at radius 1 is 1.08 bits per heavy atom. The van der Waals surface area contributed by atoms with Crippen molar-refractivity contribution in [3.05, 3.63) is 60.2 Å². The summed E-state index contributed by atoms with van der Waals surface area (Å²) in [4.78, 5) is 26.0. The molecule has 0 aliphatic carbocycles. The van der Waals surface area contributed by atoms with Crippen LogP contribution in [0.2, 0.25) is 0 Å². The standard InChI is InChI=1S/C19H22N4O/c24-19(23-13-16(14-23)17-7-1-2-9-21-17)18(22-10-3-4-11-22)15-6-5-8-20-12-15/h1-2,5-9,12,16,18H,3-4,10-11,13-14H2/t18-/m1/s1. The molecule has 2 saturated heterocycles. The predicted octanol–water partition coefficient (Wildman–Crippen LogP) is 2.24. The minimum absolute atomic E-state index is 0.189. The summed E-state index contributed by atoms with van der Waals surface area (Å²) < 4.78 is 0. The molecular formula is C19H22N4O. The molecule has 0 radical (unpaired) electrons. The van der Waals surface area contributed by atoms with Gasteiger partial charge in [0, 0.05) is 43.3 Å². The van der Waals surface area contributed by atoms with Gasteiger partial charge in [-0.15, -0.1) is 0 Å². The van der Waals surface area contributed by atoms with Crippen LogP contribution in [-0.4, -0.2) is 51.9 Å². The molecule has 24 heavy (non-hydrogen) atoms. The highest BCUT2D eigenvalue weighted by Crippen LogP contribution is 2.32. The van der Waals surface area contributed by atoms with E-state index < -0.39 is 0 Å². The lowest BCUT2D eigenvalue weighted by molar-refractivity contribution is -0.141. The monoisotopic (exact) mass is 322 g/mol.